The predicted molar refractivity (Wildman–Crippen MR) is 105 cm³/mol. The summed E-state index contributed by atoms with van der Waals surface area (Å²) in [7, 11) is 1.80. The van der Waals surface area contributed by atoms with Gasteiger partial charge in [-0.25, -0.2) is 0 Å². The molecule has 2 aromatic rings. The summed E-state index contributed by atoms with van der Waals surface area (Å²) in [5, 5.41) is 14.7. The Labute approximate surface area is 149 Å². The third-order valence-corrected chi connectivity index (χ3v) is 4.60. The lowest BCUT2D eigenvalue weighted by Gasteiger charge is -2.31. The quantitative estimate of drug-likeness (QED) is 0.532. The van der Waals surface area contributed by atoms with Crippen molar-refractivity contribution in [3.05, 3.63) is 58.3 Å². The second-order valence-corrected chi connectivity index (χ2v) is 7.35. The van der Waals surface area contributed by atoms with Gasteiger partial charge in [0.15, 0.2) is 5.96 Å². The van der Waals surface area contributed by atoms with Crippen molar-refractivity contribution >= 4 is 17.3 Å². The number of benzene rings is 1. The Morgan fingerprint density at radius 3 is 2.54 bits per heavy atom. The summed E-state index contributed by atoms with van der Waals surface area (Å²) in [6.07, 6.45) is 0. The van der Waals surface area contributed by atoms with Gasteiger partial charge < -0.3 is 16.0 Å². The highest BCUT2D eigenvalue weighted by Gasteiger charge is 2.21. The molecule has 1 aromatic carbocycles. The maximum Gasteiger partial charge on any atom is 0.191 e. The van der Waals surface area contributed by atoms with Crippen LogP contribution in [0.5, 0.6) is 0 Å². The van der Waals surface area contributed by atoms with Gasteiger partial charge in [-0.2, -0.15) is 11.3 Å². The fourth-order valence-corrected chi connectivity index (χ4v) is 3.24. The number of nitrogens with one attached hydrogen (secondary N) is 3. The highest BCUT2D eigenvalue weighted by molar-refractivity contribution is 7.07. The normalized spacial score (nSPS) is 13.6. The Bertz CT molecular complexity index is 620. The molecule has 0 bridgehead atoms. The first kappa shape index (κ1) is 18.5. The number of nitrogens with zero attached hydrogens (tertiary/aromatic N) is 1. The summed E-state index contributed by atoms with van der Waals surface area (Å²) in [6, 6.07) is 12.9. The van der Waals surface area contributed by atoms with Gasteiger partial charge in [-0.05, 0) is 48.7 Å². The Kier molecular flexibility index (Phi) is 6.82. The maximum atomic E-state index is 4.30. The first-order valence-corrected chi connectivity index (χ1v) is 9.23. The number of aliphatic imine (C=N–C) groups is 1. The summed E-state index contributed by atoms with van der Waals surface area (Å²) in [6.45, 7) is 8.17. The summed E-state index contributed by atoms with van der Waals surface area (Å²) < 4.78 is 0. The molecule has 0 radical (unpaired) electrons. The molecule has 130 valence electrons. The maximum absolute atomic E-state index is 4.30. The molecule has 0 saturated carbocycles. The zero-order valence-corrected chi connectivity index (χ0v) is 15.8. The monoisotopic (exact) mass is 344 g/mol. The van der Waals surface area contributed by atoms with Crippen molar-refractivity contribution in [2.24, 2.45) is 4.99 Å². The van der Waals surface area contributed by atoms with Crippen LogP contribution in [-0.4, -0.2) is 25.1 Å². The van der Waals surface area contributed by atoms with E-state index in [1.54, 1.807) is 18.4 Å². The van der Waals surface area contributed by atoms with E-state index in [2.05, 4.69) is 82.8 Å². The predicted octanol–water partition coefficient (Wildman–Crippen LogP) is 3.54. The molecule has 1 aromatic heterocycles. The molecular formula is C19H28N4S. The minimum atomic E-state index is -0.0603. The van der Waals surface area contributed by atoms with Crippen LogP contribution in [0.4, 0.5) is 0 Å². The van der Waals surface area contributed by atoms with Crippen molar-refractivity contribution in [3.8, 4) is 0 Å². The van der Waals surface area contributed by atoms with Gasteiger partial charge in [0.1, 0.15) is 0 Å². The number of hydrogen-bond donors (Lipinski definition) is 3. The Morgan fingerprint density at radius 2 is 1.92 bits per heavy atom. The highest BCUT2D eigenvalue weighted by atomic mass is 32.1. The zero-order chi connectivity index (χ0) is 17.4. The largest absolute Gasteiger partial charge is 0.355 e. The molecule has 5 heteroatoms. The van der Waals surface area contributed by atoms with Crippen LogP contribution in [0.25, 0.3) is 0 Å². The van der Waals surface area contributed by atoms with E-state index in [4.69, 9.17) is 0 Å². The molecule has 0 aliphatic rings. The van der Waals surface area contributed by atoms with E-state index in [1.807, 2.05) is 6.07 Å². The number of hydrogen-bond acceptors (Lipinski definition) is 3. The smallest absolute Gasteiger partial charge is 0.191 e. The van der Waals surface area contributed by atoms with Crippen LogP contribution in [0.3, 0.4) is 0 Å². The molecule has 0 aliphatic heterocycles. The lowest BCUT2D eigenvalue weighted by Crippen LogP contribution is -2.52. The highest BCUT2D eigenvalue weighted by Crippen LogP contribution is 2.15. The standard InChI is InChI=1S/C19H28N4S/c1-15(17-8-6-5-7-9-17)23-19(2,3)14-22-18(20-4)21-12-16-10-11-24-13-16/h5-11,13,15,23H,12,14H2,1-4H3,(H2,20,21,22). The van der Waals surface area contributed by atoms with E-state index in [0.717, 1.165) is 19.0 Å². The second kappa shape index (κ2) is 8.85. The number of guanidine groups is 1. The van der Waals surface area contributed by atoms with Gasteiger partial charge >= 0.3 is 0 Å². The van der Waals surface area contributed by atoms with E-state index >= 15 is 0 Å². The van der Waals surface area contributed by atoms with Crippen molar-refractivity contribution < 1.29 is 0 Å². The molecule has 3 N–H and O–H groups in total. The Morgan fingerprint density at radius 1 is 1.17 bits per heavy atom. The lowest BCUT2D eigenvalue weighted by atomic mass is 10.0. The van der Waals surface area contributed by atoms with Crippen LogP contribution < -0.4 is 16.0 Å². The Balaban J connectivity index is 1.81. The lowest BCUT2D eigenvalue weighted by molar-refractivity contribution is 0.345. The van der Waals surface area contributed by atoms with Crippen LogP contribution in [0.2, 0.25) is 0 Å². The van der Waals surface area contributed by atoms with Gasteiger partial charge in [0.25, 0.3) is 0 Å². The van der Waals surface area contributed by atoms with Crippen LogP contribution in [0.1, 0.15) is 37.9 Å². The molecule has 1 unspecified atom stereocenters. The molecule has 2 rings (SSSR count). The molecule has 4 nitrogen and oxygen atoms in total. The van der Waals surface area contributed by atoms with E-state index in [0.29, 0.717) is 6.04 Å². The van der Waals surface area contributed by atoms with Crippen LogP contribution in [0, 0.1) is 0 Å². The summed E-state index contributed by atoms with van der Waals surface area (Å²) >= 11 is 1.71. The van der Waals surface area contributed by atoms with Gasteiger partial charge in [-0.1, -0.05) is 30.3 Å². The average Bonchev–Trinajstić information content (AvgIpc) is 3.09. The molecule has 1 heterocycles. The van der Waals surface area contributed by atoms with Gasteiger partial charge in [0, 0.05) is 31.7 Å². The van der Waals surface area contributed by atoms with Gasteiger partial charge in [-0.3, -0.25) is 4.99 Å². The third kappa shape index (κ3) is 5.98. The third-order valence-electron chi connectivity index (χ3n) is 3.87. The van der Waals surface area contributed by atoms with Crippen molar-refractivity contribution in [2.45, 2.75) is 38.9 Å². The minimum Gasteiger partial charge on any atom is -0.355 e. The fourth-order valence-electron chi connectivity index (χ4n) is 2.57. The zero-order valence-electron chi connectivity index (χ0n) is 15.0. The SMILES string of the molecule is CN=C(NCc1ccsc1)NCC(C)(C)NC(C)c1ccccc1. The van der Waals surface area contributed by atoms with Crippen LogP contribution >= 0.6 is 11.3 Å². The van der Waals surface area contributed by atoms with Crippen LogP contribution in [-0.2, 0) is 6.54 Å². The average molecular weight is 345 g/mol. The molecule has 0 amide bonds. The molecule has 24 heavy (non-hydrogen) atoms. The fraction of sp³-hybridized carbons (Fsp3) is 0.421. The number of rotatable bonds is 7. The summed E-state index contributed by atoms with van der Waals surface area (Å²) in [5.41, 5.74) is 2.51. The van der Waals surface area contributed by atoms with Crippen molar-refractivity contribution in [1.82, 2.24) is 16.0 Å². The van der Waals surface area contributed by atoms with Gasteiger partial charge in [-0.15, -0.1) is 0 Å². The Hall–Kier alpha value is -1.85. The molecule has 1 atom stereocenters. The molecular weight excluding hydrogens is 316 g/mol. The molecule has 0 aliphatic carbocycles. The minimum absolute atomic E-state index is 0.0603. The van der Waals surface area contributed by atoms with E-state index in [-0.39, 0.29) is 5.54 Å². The topological polar surface area (TPSA) is 48.5 Å². The second-order valence-electron chi connectivity index (χ2n) is 6.57. The van der Waals surface area contributed by atoms with E-state index in [1.165, 1.54) is 11.1 Å². The van der Waals surface area contributed by atoms with E-state index in [9.17, 15) is 0 Å². The first-order chi connectivity index (χ1) is 11.5. The molecule has 0 saturated heterocycles. The van der Waals surface area contributed by atoms with Crippen molar-refractivity contribution in [2.75, 3.05) is 13.6 Å². The van der Waals surface area contributed by atoms with Gasteiger partial charge in [0.2, 0.25) is 0 Å². The number of thiophene rings is 1. The summed E-state index contributed by atoms with van der Waals surface area (Å²) in [4.78, 5) is 4.30. The first-order valence-electron chi connectivity index (χ1n) is 8.28. The van der Waals surface area contributed by atoms with Gasteiger partial charge in [0.05, 0.1) is 0 Å². The van der Waals surface area contributed by atoms with Crippen LogP contribution in [0.15, 0.2) is 52.2 Å². The van der Waals surface area contributed by atoms with Crippen molar-refractivity contribution in [1.29, 1.82) is 0 Å². The van der Waals surface area contributed by atoms with Crippen molar-refractivity contribution in [3.63, 3.8) is 0 Å². The molecule has 0 spiro atoms. The summed E-state index contributed by atoms with van der Waals surface area (Å²) in [5.74, 6) is 0.823. The van der Waals surface area contributed by atoms with E-state index < -0.39 is 0 Å². The molecule has 0 fully saturated rings.